The maximum atomic E-state index is 10.6. The normalized spacial score (nSPS) is 16.9. The predicted octanol–water partition coefficient (Wildman–Crippen LogP) is 2.47. The Labute approximate surface area is 105 Å². The van der Waals surface area contributed by atoms with Crippen LogP contribution in [0.3, 0.4) is 0 Å². The van der Waals surface area contributed by atoms with E-state index in [1.165, 1.54) is 0 Å². The van der Waals surface area contributed by atoms with Crippen LogP contribution in [-0.4, -0.2) is 24.1 Å². The van der Waals surface area contributed by atoms with Gasteiger partial charge in [-0.25, -0.2) is 0 Å². The van der Waals surface area contributed by atoms with Gasteiger partial charge in [-0.2, -0.15) is 0 Å². The zero-order chi connectivity index (χ0) is 12.5. The third kappa shape index (κ3) is 2.18. The Morgan fingerprint density at radius 1 is 1.47 bits per heavy atom. The summed E-state index contributed by atoms with van der Waals surface area (Å²) in [5, 5.41) is 14.6. The lowest BCUT2D eigenvalue weighted by atomic mass is 9.89. The van der Waals surface area contributed by atoms with E-state index in [1.807, 2.05) is 24.3 Å². The van der Waals surface area contributed by atoms with Gasteiger partial charge in [0.2, 0.25) is 0 Å². The van der Waals surface area contributed by atoms with Gasteiger partial charge >= 0.3 is 0 Å². The Balaban J connectivity index is 2.43. The van der Waals surface area contributed by atoms with Gasteiger partial charge in [-0.15, -0.1) is 11.6 Å². The highest BCUT2D eigenvalue weighted by Gasteiger charge is 2.32. The van der Waals surface area contributed by atoms with E-state index in [0.29, 0.717) is 5.88 Å². The molecule has 17 heavy (non-hydrogen) atoms. The van der Waals surface area contributed by atoms with Crippen LogP contribution in [0.4, 0.5) is 0 Å². The molecule has 0 aliphatic rings. The Morgan fingerprint density at radius 3 is 2.88 bits per heavy atom. The first-order chi connectivity index (χ1) is 8.09. The van der Waals surface area contributed by atoms with Crippen molar-refractivity contribution in [2.75, 3.05) is 12.9 Å². The third-order valence-corrected chi connectivity index (χ3v) is 3.53. The van der Waals surface area contributed by atoms with Gasteiger partial charge in [0.1, 0.15) is 11.2 Å². The molecule has 0 saturated carbocycles. The second-order valence-electron chi connectivity index (χ2n) is 4.32. The molecule has 0 spiro atoms. The molecule has 2 unspecified atom stereocenters. The van der Waals surface area contributed by atoms with Crippen molar-refractivity contribution >= 4 is 22.6 Å². The predicted molar refractivity (Wildman–Crippen MR) is 69.4 cm³/mol. The molecule has 0 aliphatic carbocycles. The summed E-state index contributed by atoms with van der Waals surface area (Å²) >= 11 is 5.85. The van der Waals surface area contributed by atoms with Crippen molar-refractivity contribution in [2.24, 2.45) is 0 Å². The molecule has 92 valence electrons. The molecule has 0 bridgehead atoms. The standard InChI is InChI=1S/C13H16ClNO2/c1-13(16,12(8-14)15-2)10-4-3-9-5-6-17-11(9)7-10/h3-7,12,15-16H,8H2,1-2H3. The highest BCUT2D eigenvalue weighted by Crippen LogP contribution is 2.28. The molecule has 2 atom stereocenters. The second kappa shape index (κ2) is 4.69. The molecule has 1 heterocycles. The topological polar surface area (TPSA) is 45.4 Å². The fraction of sp³-hybridized carbons (Fsp3) is 0.385. The largest absolute Gasteiger partial charge is 0.464 e. The van der Waals surface area contributed by atoms with E-state index in [9.17, 15) is 5.11 Å². The lowest BCUT2D eigenvalue weighted by molar-refractivity contribution is 0.0255. The first-order valence-electron chi connectivity index (χ1n) is 5.53. The molecule has 3 nitrogen and oxygen atoms in total. The van der Waals surface area contributed by atoms with Crippen LogP contribution in [-0.2, 0) is 5.60 Å². The van der Waals surface area contributed by atoms with Crippen LogP contribution in [0.2, 0.25) is 0 Å². The van der Waals surface area contributed by atoms with Crippen molar-refractivity contribution in [2.45, 2.75) is 18.6 Å². The van der Waals surface area contributed by atoms with Crippen LogP contribution < -0.4 is 5.32 Å². The molecule has 2 aromatic rings. The van der Waals surface area contributed by atoms with E-state index in [4.69, 9.17) is 16.0 Å². The molecule has 4 heteroatoms. The molecule has 0 saturated heterocycles. The minimum absolute atomic E-state index is 0.212. The molecule has 0 fully saturated rings. The monoisotopic (exact) mass is 253 g/mol. The van der Waals surface area contributed by atoms with Crippen molar-refractivity contribution in [3.8, 4) is 0 Å². The van der Waals surface area contributed by atoms with Gasteiger partial charge in [0.05, 0.1) is 12.3 Å². The maximum absolute atomic E-state index is 10.6. The molecule has 1 aromatic heterocycles. The van der Waals surface area contributed by atoms with Gasteiger partial charge in [0.25, 0.3) is 0 Å². The Hall–Kier alpha value is -1.03. The number of hydrogen-bond donors (Lipinski definition) is 2. The van der Waals surface area contributed by atoms with Crippen molar-refractivity contribution in [3.05, 3.63) is 36.1 Å². The lowest BCUT2D eigenvalue weighted by Gasteiger charge is -2.31. The van der Waals surface area contributed by atoms with Crippen molar-refractivity contribution in [1.29, 1.82) is 0 Å². The highest BCUT2D eigenvalue weighted by molar-refractivity contribution is 6.18. The van der Waals surface area contributed by atoms with Crippen LogP contribution in [0.1, 0.15) is 12.5 Å². The summed E-state index contributed by atoms with van der Waals surface area (Å²) in [5.41, 5.74) is 0.532. The van der Waals surface area contributed by atoms with E-state index < -0.39 is 5.60 Å². The summed E-state index contributed by atoms with van der Waals surface area (Å²) in [6, 6.07) is 7.37. The van der Waals surface area contributed by atoms with Crippen molar-refractivity contribution in [1.82, 2.24) is 5.32 Å². The van der Waals surface area contributed by atoms with Gasteiger partial charge in [0, 0.05) is 11.3 Å². The van der Waals surface area contributed by atoms with Gasteiger partial charge in [-0.05, 0) is 31.7 Å². The van der Waals surface area contributed by atoms with Gasteiger partial charge in [-0.3, -0.25) is 0 Å². The van der Waals surface area contributed by atoms with Crippen molar-refractivity contribution in [3.63, 3.8) is 0 Å². The van der Waals surface area contributed by atoms with E-state index in [0.717, 1.165) is 16.5 Å². The molecule has 0 amide bonds. The van der Waals surface area contributed by atoms with Gasteiger partial charge in [-0.1, -0.05) is 12.1 Å². The quantitative estimate of drug-likeness (QED) is 0.823. The molecular weight excluding hydrogens is 238 g/mol. The molecule has 2 N–H and O–H groups in total. The smallest absolute Gasteiger partial charge is 0.134 e. The Kier molecular flexibility index (Phi) is 3.43. The first kappa shape index (κ1) is 12.4. The molecular formula is C13H16ClNO2. The average Bonchev–Trinajstić information content (AvgIpc) is 2.77. The van der Waals surface area contributed by atoms with Crippen LogP contribution in [0, 0.1) is 0 Å². The number of alkyl halides is 1. The number of benzene rings is 1. The van der Waals surface area contributed by atoms with Crippen molar-refractivity contribution < 1.29 is 9.52 Å². The van der Waals surface area contributed by atoms with E-state index >= 15 is 0 Å². The van der Waals surface area contributed by atoms with Gasteiger partial charge in [0.15, 0.2) is 0 Å². The molecule has 2 rings (SSSR count). The fourth-order valence-electron chi connectivity index (χ4n) is 1.98. The number of furan rings is 1. The fourth-order valence-corrected chi connectivity index (χ4v) is 2.43. The number of nitrogens with one attached hydrogen (secondary N) is 1. The van der Waals surface area contributed by atoms with Crippen LogP contribution in [0.5, 0.6) is 0 Å². The summed E-state index contributed by atoms with van der Waals surface area (Å²) in [6.07, 6.45) is 1.64. The zero-order valence-corrected chi connectivity index (χ0v) is 10.7. The van der Waals surface area contributed by atoms with Crippen LogP contribution in [0.25, 0.3) is 11.0 Å². The average molecular weight is 254 g/mol. The number of hydrogen-bond acceptors (Lipinski definition) is 3. The first-order valence-corrected chi connectivity index (χ1v) is 6.06. The lowest BCUT2D eigenvalue weighted by Crippen LogP contribution is -2.46. The second-order valence-corrected chi connectivity index (χ2v) is 4.62. The SMILES string of the molecule is CNC(CCl)C(C)(O)c1ccc2ccoc2c1. The minimum Gasteiger partial charge on any atom is -0.464 e. The summed E-state index contributed by atoms with van der Waals surface area (Å²) in [7, 11) is 1.78. The summed E-state index contributed by atoms with van der Waals surface area (Å²) in [6.45, 7) is 1.75. The van der Waals surface area contributed by atoms with Crippen LogP contribution >= 0.6 is 11.6 Å². The molecule has 1 aromatic carbocycles. The van der Waals surface area contributed by atoms with E-state index in [-0.39, 0.29) is 6.04 Å². The van der Waals surface area contributed by atoms with Crippen LogP contribution in [0.15, 0.2) is 34.9 Å². The summed E-state index contributed by atoms with van der Waals surface area (Å²) < 4.78 is 5.34. The number of halogens is 1. The maximum Gasteiger partial charge on any atom is 0.134 e. The van der Waals surface area contributed by atoms with E-state index in [2.05, 4.69) is 5.32 Å². The number of fused-ring (bicyclic) bond motifs is 1. The number of aliphatic hydroxyl groups is 1. The Bertz CT molecular complexity index is 503. The highest BCUT2D eigenvalue weighted by atomic mass is 35.5. The Morgan fingerprint density at radius 2 is 2.24 bits per heavy atom. The van der Waals surface area contributed by atoms with E-state index in [1.54, 1.807) is 20.2 Å². The summed E-state index contributed by atoms with van der Waals surface area (Å²) in [4.78, 5) is 0. The number of rotatable bonds is 4. The molecule has 0 aliphatic heterocycles. The zero-order valence-electron chi connectivity index (χ0n) is 9.90. The summed E-state index contributed by atoms with van der Waals surface area (Å²) in [5.74, 6) is 0.333. The minimum atomic E-state index is -1.03. The third-order valence-electron chi connectivity index (χ3n) is 3.22. The number of likely N-dealkylation sites (N-methyl/N-ethyl adjacent to an activating group) is 1. The van der Waals surface area contributed by atoms with Gasteiger partial charge < -0.3 is 14.8 Å². The molecule has 0 radical (unpaired) electrons.